The van der Waals surface area contributed by atoms with Gasteiger partial charge in [-0.2, -0.15) is 0 Å². The highest BCUT2D eigenvalue weighted by Crippen LogP contribution is 2.75. The van der Waals surface area contributed by atoms with Gasteiger partial charge in [-0.25, -0.2) is 0 Å². The van der Waals surface area contributed by atoms with E-state index >= 15 is 0 Å². The third kappa shape index (κ3) is 3.88. The number of allylic oxidation sites excluding steroid dienone is 2. The standard InChI is InChI=1S/C34H54O4/c1-21-13-16-31(5)19-20-33(7)23(29(31)22(21)2)9-10-25-32(6)17-15-26(38-28(37)12-11-27(35)36)30(3,4)24(32)14-18-34(25,33)8/h9,21-22,24-26,29H,10-20H2,1-8H3,(H,35,36)/t21-,22+,24+,25-,26+,29+,31-,32+,33-,34-/m1/s1. The van der Waals surface area contributed by atoms with Gasteiger partial charge in [-0.1, -0.05) is 67.0 Å². The number of carboxylic acids is 1. The van der Waals surface area contributed by atoms with Crippen molar-refractivity contribution in [3.8, 4) is 0 Å². The first kappa shape index (κ1) is 28.2. The highest BCUT2D eigenvalue weighted by atomic mass is 16.5. The Hall–Kier alpha value is -1.32. The van der Waals surface area contributed by atoms with Gasteiger partial charge in [-0.3, -0.25) is 9.59 Å². The molecule has 5 aliphatic carbocycles. The zero-order valence-electron chi connectivity index (χ0n) is 25.5. The number of carbonyl (C=O) groups is 2. The first-order chi connectivity index (χ1) is 17.6. The van der Waals surface area contributed by atoms with Gasteiger partial charge >= 0.3 is 11.9 Å². The number of esters is 1. The molecule has 0 bridgehead atoms. The summed E-state index contributed by atoms with van der Waals surface area (Å²) in [6.45, 7) is 20.2. The largest absolute Gasteiger partial charge is 0.481 e. The van der Waals surface area contributed by atoms with Crippen molar-refractivity contribution in [2.75, 3.05) is 0 Å². The zero-order valence-corrected chi connectivity index (χ0v) is 25.5. The van der Waals surface area contributed by atoms with E-state index in [4.69, 9.17) is 9.84 Å². The van der Waals surface area contributed by atoms with Crippen molar-refractivity contribution in [1.82, 2.24) is 0 Å². The van der Waals surface area contributed by atoms with Crippen molar-refractivity contribution >= 4 is 11.9 Å². The quantitative estimate of drug-likeness (QED) is 0.295. The van der Waals surface area contributed by atoms with Crippen LogP contribution in [0.3, 0.4) is 0 Å². The summed E-state index contributed by atoms with van der Waals surface area (Å²) in [5, 5.41) is 8.99. The minimum absolute atomic E-state index is 0.0341. The maximum absolute atomic E-state index is 12.5. The van der Waals surface area contributed by atoms with Crippen molar-refractivity contribution < 1.29 is 19.4 Å². The maximum atomic E-state index is 12.5. The van der Waals surface area contributed by atoms with Gasteiger partial charge in [0, 0.05) is 5.41 Å². The summed E-state index contributed by atoms with van der Waals surface area (Å²) in [7, 11) is 0. The van der Waals surface area contributed by atoms with Crippen LogP contribution in [0.15, 0.2) is 11.6 Å². The molecule has 0 heterocycles. The van der Waals surface area contributed by atoms with E-state index in [1.807, 2.05) is 5.57 Å². The fraction of sp³-hybridized carbons (Fsp3) is 0.882. The monoisotopic (exact) mass is 526 g/mol. The summed E-state index contributed by atoms with van der Waals surface area (Å²) >= 11 is 0. The smallest absolute Gasteiger partial charge is 0.306 e. The van der Waals surface area contributed by atoms with E-state index < -0.39 is 5.97 Å². The van der Waals surface area contributed by atoms with Gasteiger partial charge in [-0.05, 0) is 109 Å². The van der Waals surface area contributed by atoms with Crippen LogP contribution in [0.2, 0.25) is 0 Å². The number of hydrogen-bond donors (Lipinski definition) is 1. The molecule has 1 N–H and O–H groups in total. The van der Waals surface area contributed by atoms with Gasteiger partial charge in [-0.15, -0.1) is 0 Å². The number of hydrogen-bond acceptors (Lipinski definition) is 3. The molecule has 4 heteroatoms. The Labute approximate surface area is 231 Å². The Morgan fingerprint density at radius 3 is 2.29 bits per heavy atom. The number of rotatable bonds is 4. The van der Waals surface area contributed by atoms with Gasteiger partial charge in [0.2, 0.25) is 0 Å². The number of fused-ring (bicyclic) bond motifs is 7. The van der Waals surface area contributed by atoms with Crippen molar-refractivity contribution in [2.45, 2.75) is 132 Å². The molecule has 5 rings (SSSR count). The first-order valence-electron chi connectivity index (χ1n) is 15.7. The minimum atomic E-state index is -0.942. The Bertz CT molecular complexity index is 1010. The van der Waals surface area contributed by atoms with E-state index in [0.29, 0.717) is 22.7 Å². The Morgan fingerprint density at radius 2 is 1.61 bits per heavy atom. The topological polar surface area (TPSA) is 63.6 Å². The first-order valence-corrected chi connectivity index (χ1v) is 15.7. The summed E-state index contributed by atoms with van der Waals surface area (Å²) in [5.74, 6) is 2.15. The van der Waals surface area contributed by atoms with Crippen LogP contribution in [0, 0.1) is 56.7 Å². The Morgan fingerprint density at radius 1 is 0.895 bits per heavy atom. The second-order valence-corrected chi connectivity index (χ2v) is 16.0. The number of aliphatic carboxylic acids is 1. The molecule has 5 aliphatic rings. The van der Waals surface area contributed by atoms with Crippen LogP contribution in [0.25, 0.3) is 0 Å². The van der Waals surface area contributed by atoms with E-state index in [2.05, 4.69) is 61.5 Å². The fourth-order valence-electron chi connectivity index (χ4n) is 11.5. The Kier molecular flexibility index (Phi) is 6.76. The van der Waals surface area contributed by atoms with Gasteiger partial charge < -0.3 is 9.84 Å². The molecular formula is C34H54O4. The lowest BCUT2D eigenvalue weighted by molar-refractivity contribution is -0.213. The normalized spacial score (nSPS) is 49.4. The molecule has 10 atom stereocenters. The molecule has 0 amide bonds. The van der Waals surface area contributed by atoms with Crippen LogP contribution in [0.4, 0.5) is 0 Å². The third-order valence-corrected chi connectivity index (χ3v) is 14.2. The second kappa shape index (κ2) is 9.10. The summed E-state index contributed by atoms with van der Waals surface area (Å²) in [4.78, 5) is 23.5. The molecule has 0 aromatic carbocycles. The van der Waals surface area contributed by atoms with E-state index in [9.17, 15) is 9.59 Å². The van der Waals surface area contributed by atoms with Crippen molar-refractivity contribution in [3.63, 3.8) is 0 Å². The third-order valence-electron chi connectivity index (χ3n) is 14.2. The predicted molar refractivity (Wildman–Crippen MR) is 151 cm³/mol. The average molecular weight is 527 g/mol. The number of carbonyl (C=O) groups excluding carboxylic acids is 1. The SMILES string of the molecule is C[C@H]1[C@H](C)CC[C@]2(C)CC[C@]3(C)C(=CC[C@@H]4[C@@]5(C)CC[C@H](OC(=O)CCC(=O)O)C(C)(C)[C@@H]5CC[C@]43C)[C@H]12. The predicted octanol–water partition coefficient (Wildman–Crippen LogP) is 8.44. The number of ether oxygens (including phenoxy) is 1. The summed E-state index contributed by atoms with van der Waals surface area (Å²) in [6, 6.07) is 0. The van der Waals surface area contributed by atoms with Crippen LogP contribution in [-0.4, -0.2) is 23.1 Å². The molecular weight excluding hydrogens is 472 g/mol. The van der Waals surface area contributed by atoms with E-state index in [-0.39, 0.29) is 41.2 Å². The van der Waals surface area contributed by atoms with Crippen LogP contribution in [0.1, 0.15) is 126 Å². The van der Waals surface area contributed by atoms with Gasteiger partial charge in [0.05, 0.1) is 12.8 Å². The molecule has 0 aromatic rings. The molecule has 4 saturated carbocycles. The van der Waals surface area contributed by atoms with Crippen molar-refractivity contribution in [3.05, 3.63) is 11.6 Å². The summed E-state index contributed by atoms with van der Waals surface area (Å²) < 4.78 is 6.00. The molecule has 0 spiro atoms. The second-order valence-electron chi connectivity index (χ2n) is 16.0. The molecule has 0 radical (unpaired) electrons. The van der Waals surface area contributed by atoms with Crippen LogP contribution < -0.4 is 0 Å². The van der Waals surface area contributed by atoms with Crippen molar-refractivity contribution in [2.24, 2.45) is 56.7 Å². The van der Waals surface area contributed by atoms with Gasteiger partial charge in [0.15, 0.2) is 0 Å². The van der Waals surface area contributed by atoms with E-state index in [1.165, 1.54) is 44.9 Å². The average Bonchev–Trinajstić information content (AvgIpc) is 2.83. The molecule has 4 nitrogen and oxygen atoms in total. The molecule has 38 heavy (non-hydrogen) atoms. The molecule has 4 fully saturated rings. The van der Waals surface area contributed by atoms with Gasteiger partial charge in [0.25, 0.3) is 0 Å². The maximum Gasteiger partial charge on any atom is 0.306 e. The summed E-state index contributed by atoms with van der Waals surface area (Å²) in [5.41, 5.74) is 2.96. The summed E-state index contributed by atoms with van der Waals surface area (Å²) in [6.07, 6.45) is 13.5. The Balaban J connectivity index is 1.44. The molecule has 0 saturated heterocycles. The molecule has 0 unspecified atom stereocenters. The molecule has 0 aliphatic heterocycles. The van der Waals surface area contributed by atoms with Crippen molar-refractivity contribution in [1.29, 1.82) is 0 Å². The lowest BCUT2D eigenvalue weighted by Crippen LogP contribution is -2.65. The lowest BCUT2D eigenvalue weighted by atomic mass is 9.33. The fourth-order valence-corrected chi connectivity index (χ4v) is 11.5. The minimum Gasteiger partial charge on any atom is -0.481 e. The van der Waals surface area contributed by atoms with E-state index in [0.717, 1.165) is 30.6 Å². The van der Waals surface area contributed by atoms with Crippen LogP contribution >= 0.6 is 0 Å². The number of carboxylic acid groups (broad SMARTS) is 1. The highest BCUT2D eigenvalue weighted by Gasteiger charge is 2.68. The van der Waals surface area contributed by atoms with Crippen LogP contribution in [0.5, 0.6) is 0 Å². The molecule has 0 aromatic heterocycles. The molecule has 214 valence electrons. The highest BCUT2D eigenvalue weighted by molar-refractivity contribution is 5.76. The van der Waals surface area contributed by atoms with Crippen LogP contribution in [-0.2, 0) is 14.3 Å². The lowest BCUT2D eigenvalue weighted by Gasteiger charge is -2.71. The van der Waals surface area contributed by atoms with Gasteiger partial charge in [0.1, 0.15) is 6.10 Å². The van der Waals surface area contributed by atoms with E-state index in [1.54, 1.807) is 0 Å². The zero-order chi connectivity index (χ0) is 27.9.